The molecule has 0 amide bonds. The molecule has 2 rings (SSSR count). The number of aromatic nitrogens is 2. The van der Waals surface area contributed by atoms with E-state index in [-0.39, 0.29) is 11.9 Å². The topological polar surface area (TPSA) is 53.1 Å². The van der Waals surface area contributed by atoms with Crippen molar-refractivity contribution in [3.63, 3.8) is 0 Å². The van der Waals surface area contributed by atoms with E-state index < -0.39 is 0 Å². The van der Waals surface area contributed by atoms with Crippen molar-refractivity contribution in [2.45, 2.75) is 19.5 Å². The lowest BCUT2D eigenvalue weighted by atomic mass is 10.1. The van der Waals surface area contributed by atoms with Crippen LogP contribution < -0.4 is 10.5 Å². The van der Waals surface area contributed by atoms with Crippen molar-refractivity contribution in [1.29, 1.82) is 0 Å². The van der Waals surface area contributed by atoms with Gasteiger partial charge in [-0.25, -0.2) is 9.37 Å². The zero-order valence-electron chi connectivity index (χ0n) is 10.2. The number of halogens is 1. The fraction of sp³-hybridized carbons (Fsp3) is 0.308. The lowest BCUT2D eigenvalue weighted by Crippen LogP contribution is -2.09. The van der Waals surface area contributed by atoms with E-state index in [0.29, 0.717) is 24.5 Å². The highest BCUT2D eigenvalue weighted by atomic mass is 19.1. The number of rotatable bonds is 5. The number of hydrogen-bond acceptors (Lipinski definition) is 3. The van der Waals surface area contributed by atoms with Crippen LogP contribution in [0.15, 0.2) is 36.9 Å². The number of nitrogens with zero attached hydrogens (tertiary/aromatic N) is 2. The van der Waals surface area contributed by atoms with Gasteiger partial charge in [0.15, 0.2) is 0 Å². The molecular weight excluding hydrogens is 233 g/mol. The summed E-state index contributed by atoms with van der Waals surface area (Å²) >= 11 is 0. The van der Waals surface area contributed by atoms with E-state index in [2.05, 4.69) is 4.98 Å². The molecule has 0 unspecified atom stereocenters. The van der Waals surface area contributed by atoms with Crippen molar-refractivity contribution < 1.29 is 9.13 Å². The van der Waals surface area contributed by atoms with Gasteiger partial charge in [-0.1, -0.05) is 6.07 Å². The molecule has 0 fully saturated rings. The number of benzene rings is 1. The summed E-state index contributed by atoms with van der Waals surface area (Å²) in [6.07, 6.45) is 5.27. The maximum absolute atomic E-state index is 13.6. The van der Waals surface area contributed by atoms with Crippen molar-refractivity contribution in [3.8, 4) is 5.75 Å². The molecular formula is C13H16FN3O. The molecule has 0 spiro atoms. The molecule has 2 N–H and O–H groups in total. The largest absolute Gasteiger partial charge is 0.492 e. The predicted molar refractivity (Wildman–Crippen MR) is 66.7 cm³/mol. The Morgan fingerprint density at radius 3 is 2.94 bits per heavy atom. The van der Waals surface area contributed by atoms with Crippen LogP contribution in [0, 0.1) is 5.82 Å². The fourth-order valence-corrected chi connectivity index (χ4v) is 1.65. The van der Waals surface area contributed by atoms with Gasteiger partial charge in [0, 0.05) is 30.1 Å². The standard InChI is InChI=1S/C13H16FN3O/c1-10(15)12-3-2-11(8-13(12)14)18-7-6-17-5-4-16-9-17/h2-5,8-10H,6-7,15H2,1H3/t10-/m1/s1. The van der Waals surface area contributed by atoms with Crippen LogP contribution in [-0.4, -0.2) is 16.2 Å². The summed E-state index contributed by atoms with van der Waals surface area (Å²) in [5.74, 6) is 0.183. The molecule has 0 aliphatic heterocycles. The van der Waals surface area contributed by atoms with Crippen molar-refractivity contribution in [2.75, 3.05) is 6.61 Å². The van der Waals surface area contributed by atoms with Crippen LogP contribution in [0.4, 0.5) is 4.39 Å². The van der Waals surface area contributed by atoms with Crippen LogP contribution in [0.25, 0.3) is 0 Å². The molecule has 1 atom stereocenters. The molecule has 5 heteroatoms. The second kappa shape index (κ2) is 5.64. The minimum Gasteiger partial charge on any atom is -0.492 e. The molecule has 0 radical (unpaired) electrons. The minimum atomic E-state index is -0.329. The molecule has 0 saturated carbocycles. The van der Waals surface area contributed by atoms with Crippen molar-refractivity contribution in [2.24, 2.45) is 5.73 Å². The first-order valence-electron chi connectivity index (χ1n) is 5.80. The molecule has 96 valence electrons. The van der Waals surface area contributed by atoms with Gasteiger partial charge in [0.25, 0.3) is 0 Å². The first-order chi connectivity index (χ1) is 8.66. The summed E-state index contributed by atoms with van der Waals surface area (Å²) in [6.45, 7) is 2.89. The second-order valence-electron chi connectivity index (χ2n) is 4.12. The van der Waals surface area contributed by atoms with Crippen LogP contribution in [0.5, 0.6) is 5.75 Å². The third-order valence-electron chi connectivity index (χ3n) is 2.64. The van der Waals surface area contributed by atoms with Gasteiger partial charge >= 0.3 is 0 Å². The number of hydrogen-bond donors (Lipinski definition) is 1. The molecule has 0 aliphatic rings. The summed E-state index contributed by atoms with van der Waals surface area (Å²) in [4.78, 5) is 3.93. The van der Waals surface area contributed by atoms with Crippen LogP contribution in [-0.2, 0) is 6.54 Å². The number of nitrogens with two attached hydrogens (primary N) is 1. The molecule has 18 heavy (non-hydrogen) atoms. The number of ether oxygens (including phenoxy) is 1. The molecule has 1 heterocycles. The zero-order valence-corrected chi connectivity index (χ0v) is 10.2. The van der Waals surface area contributed by atoms with Gasteiger partial charge in [0.2, 0.25) is 0 Å². The van der Waals surface area contributed by atoms with Gasteiger partial charge in [0.05, 0.1) is 12.9 Å². The molecule has 0 saturated heterocycles. The summed E-state index contributed by atoms with van der Waals surface area (Å²) in [5.41, 5.74) is 6.14. The van der Waals surface area contributed by atoms with Crippen LogP contribution in [0.3, 0.4) is 0 Å². The Kier molecular flexibility index (Phi) is 3.94. The Bertz CT molecular complexity index is 497. The third kappa shape index (κ3) is 3.07. The Hall–Kier alpha value is -1.88. The van der Waals surface area contributed by atoms with E-state index in [0.717, 1.165) is 0 Å². The Balaban J connectivity index is 1.92. The first-order valence-corrected chi connectivity index (χ1v) is 5.80. The molecule has 1 aromatic carbocycles. The summed E-state index contributed by atoms with van der Waals surface area (Å²) < 4.78 is 21.0. The normalized spacial score (nSPS) is 12.4. The zero-order chi connectivity index (χ0) is 13.0. The smallest absolute Gasteiger partial charge is 0.131 e. The van der Waals surface area contributed by atoms with Crippen molar-refractivity contribution >= 4 is 0 Å². The quantitative estimate of drug-likeness (QED) is 0.883. The van der Waals surface area contributed by atoms with E-state index in [4.69, 9.17) is 10.5 Å². The van der Waals surface area contributed by atoms with Crippen molar-refractivity contribution in [1.82, 2.24) is 9.55 Å². The molecule has 0 bridgehead atoms. The van der Waals surface area contributed by atoms with E-state index in [1.165, 1.54) is 6.07 Å². The van der Waals surface area contributed by atoms with Crippen molar-refractivity contribution in [3.05, 3.63) is 48.3 Å². The average Bonchev–Trinajstić information content (AvgIpc) is 2.81. The maximum atomic E-state index is 13.6. The van der Waals surface area contributed by atoms with E-state index in [1.54, 1.807) is 31.6 Å². The van der Waals surface area contributed by atoms with E-state index >= 15 is 0 Å². The minimum absolute atomic E-state index is 0.315. The van der Waals surface area contributed by atoms with Crippen LogP contribution in [0.1, 0.15) is 18.5 Å². The van der Waals surface area contributed by atoms with Gasteiger partial charge in [0.1, 0.15) is 18.2 Å². The summed E-state index contributed by atoms with van der Waals surface area (Å²) in [5, 5.41) is 0. The maximum Gasteiger partial charge on any atom is 0.131 e. The first kappa shape index (κ1) is 12.6. The van der Waals surface area contributed by atoms with Gasteiger partial charge in [-0.3, -0.25) is 0 Å². The average molecular weight is 249 g/mol. The Labute approximate surface area is 105 Å². The molecule has 2 aromatic rings. The highest BCUT2D eigenvalue weighted by molar-refractivity contribution is 5.30. The highest BCUT2D eigenvalue weighted by Crippen LogP contribution is 2.20. The third-order valence-corrected chi connectivity index (χ3v) is 2.64. The lowest BCUT2D eigenvalue weighted by molar-refractivity contribution is 0.296. The van der Waals surface area contributed by atoms with Gasteiger partial charge in [-0.2, -0.15) is 0 Å². The fourth-order valence-electron chi connectivity index (χ4n) is 1.65. The predicted octanol–water partition coefficient (Wildman–Crippen LogP) is 2.12. The summed E-state index contributed by atoms with van der Waals surface area (Å²) in [7, 11) is 0. The van der Waals surface area contributed by atoms with E-state index in [9.17, 15) is 4.39 Å². The van der Waals surface area contributed by atoms with Gasteiger partial charge in [-0.15, -0.1) is 0 Å². The Morgan fingerprint density at radius 2 is 2.33 bits per heavy atom. The second-order valence-corrected chi connectivity index (χ2v) is 4.12. The molecule has 4 nitrogen and oxygen atoms in total. The van der Waals surface area contributed by atoms with Gasteiger partial charge in [-0.05, 0) is 13.0 Å². The van der Waals surface area contributed by atoms with Gasteiger partial charge < -0.3 is 15.0 Å². The molecule has 0 aliphatic carbocycles. The Morgan fingerprint density at radius 1 is 1.50 bits per heavy atom. The number of imidazole rings is 1. The summed E-state index contributed by atoms with van der Waals surface area (Å²) in [6, 6.07) is 4.44. The van der Waals surface area contributed by atoms with Crippen LogP contribution in [0.2, 0.25) is 0 Å². The SMILES string of the molecule is C[C@@H](N)c1ccc(OCCn2ccnc2)cc1F. The molecule has 1 aromatic heterocycles. The van der Waals surface area contributed by atoms with Crippen LogP contribution >= 0.6 is 0 Å². The van der Waals surface area contributed by atoms with E-state index in [1.807, 2.05) is 10.8 Å². The highest BCUT2D eigenvalue weighted by Gasteiger charge is 2.07. The lowest BCUT2D eigenvalue weighted by Gasteiger charge is -2.10. The monoisotopic (exact) mass is 249 g/mol.